The number of nitrogens with one attached hydrogen (secondary N) is 1. The number of ether oxygens (including phenoxy) is 2. The first-order valence-electron chi connectivity index (χ1n) is 6.70. The van der Waals surface area contributed by atoms with Gasteiger partial charge in [0, 0.05) is 10.6 Å². The molecule has 0 spiro atoms. The number of amides is 1. The Hall–Kier alpha value is -1.91. The average molecular weight is 338 g/mol. The first kappa shape index (κ1) is 15.0. The summed E-state index contributed by atoms with van der Waals surface area (Å²) in [4.78, 5) is 12.4. The maximum absolute atomic E-state index is 12.4. The van der Waals surface area contributed by atoms with Crippen molar-refractivity contribution < 1.29 is 14.3 Å². The van der Waals surface area contributed by atoms with Crippen molar-refractivity contribution in [2.45, 2.75) is 13.0 Å². The van der Waals surface area contributed by atoms with E-state index in [1.807, 2.05) is 25.1 Å². The van der Waals surface area contributed by atoms with Gasteiger partial charge in [0.15, 0.2) is 11.5 Å². The van der Waals surface area contributed by atoms with Gasteiger partial charge in [-0.2, -0.15) is 0 Å². The third kappa shape index (κ3) is 2.98. The molecule has 114 valence electrons. The quantitative estimate of drug-likeness (QED) is 0.912. The molecule has 4 nitrogen and oxygen atoms in total. The van der Waals surface area contributed by atoms with Gasteiger partial charge < -0.3 is 14.8 Å². The molecule has 22 heavy (non-hydrogen) atoms. The van der Waals surface area contributed by atoms with Gasteiger partial charge in [-0.3, -0.25) is 4.79 Å². The molecule has 0 aromatic heterocycles. The van der Waals surface area contributed by atoms with Crippen molar-refractivity contribution in [3.8, 4) is 11.5 Å². The molecule has 0 unspecified atom stereocenters. The Morgan fingerprint density at radius 2 is 2.05 bits per heavy atom. The van der Waals surface area contributed by atoms with Crippen molar-refractivity contribution in [1.82, 2.24) is 5.32 Å². The minimum Gasteiger partial charge on any atom is -0.454 e. The van der Waals surface area contributed by atoms with Gasteiger partial charge in [0.2, 0.25) is 6.79 Å². The summed E-state index contributed by atoms with van der Waals surface area (Å²) in [5.41, 5.74) is 1.34. The van der Waals surface area contributed by atoms with Crippen LogP contribution in [0, 0.1) is 0 Å². The molecule has 0 radical (unpaired) electrons. The summed E-state index contributed by atoms with van der Waals surface area (Å²) in [7, 11) is 0. The molecule has 2 aromatic carbocycles. The smallest absolute Gasteiger partial charge is 0.251 e. The Balaban J connectivity index is 1.79. The van der Waals surface area contributed by atoms with Crippen LogP contribution in [0.25, 0.3) is 0 Å². The van der Waals surface area contributed by atoms with Crippen molar-refractivity contribution in [1.29, 1.82) is 0 Å². The highest BCUT2D eigenvalue weighted by molar-refractivity contribution is 6.32. The predicted octanol–water partition coefficient (Wildman–Crippen LogP) is 4.21. The number of carbonyl (C=O) groups excluding carboxylic acids is 1. The van der Waals surface area contributed by atoms with Gasteiger partial charge in [-0.05, 0) is 36.8 Å². The summed E-state index contributed by atoms with van der Waals surface area (Å²) in [6, 6.07) is 10.4. The monoisotopic (exact) mass is 337 g/mol. The van der Waals surface area contributed by atoms with Gasteiger partial charge in [0.25, 0.3) is 5.91 Å². The van der Waals surface area contributed by atoms with E-state index in [1.54, 1.807) is 18.2 Å². The average Bonchev–Trinajstić information content (AvgIpc) is 2.96. The summed E-state index contributed by atoms with van der Waals surface area (Å²) in [6.07, 6.45) is 0. The highest BCUT2D eigenvalue weighted by Crippen LogP contribution is 2.39. The predicted molar refractivity (Wildman–Crippen MR) is 84.9 cm³/mol. The van der Waals surface area contributed by atoms with Gasteiger partial charge in [-0.1, -0.05) is 35.3 Å². The zero-order valence-corrected chi connectivity index (χ0v) is 13.2. The number of benzene rings is 2. The minimum absolute atomic E-state index is 0.110. The number of hydrogen-bond donors (Lipinski definition) is 1. The molecule has 2 aromatic rings. The lowest BCUT2D eigenvalue weighted by atomic mass is 10.1. The standard InChI is InChI=1S/C16H13Cl2NO3/c1-9(10-3-2-4-12(17)5-10)19-16(20)11-6-13(18)15-14(7-11)21-8-22-15/h2-7,9H,8H2,1H3,(H,19,20)/t9-/m1/s1. The van der Waals surface area contributed by atoms with Gasteiger partial charge in [-0.15, -0.1) is 0 Å². The normalized spacial score (nSPS) is 13.8. The van der Waals surface area contributed by atoms with Crippen molar-refractivity contribution in [2.24, 2.45) is 0 Å². The third-order valence-corrected chi connectivity index (χ3v) is 3.90. The van der Waals surface area contributed by atoms with Crippen LogP contribution >= 0.6 is 23.2 Å². The molecule has 1 amide bonds. The van der Waals surface area contributed by atoms with E-state index < -0.39 is 0 Å². The molecule has 1 atom stereocenters. The molecule has 3 rings (SSSR count). The van der Waals surface area contributed by atoms with Crippen LogP contribution in [0.4, 0.5) is 0 Å². The first-order valence-corrected chi connectivity index (χ1v) is 7.45. The van der Waals surface area contributed by atoms with E-state index in [1.165, 1.54) is 0 Å². The van der Waals surface area contributed by atoms with E-state index in [9.17, 15) is 4.79 Å². The van der Waals surface area contributed by atoms with Crippen molar-refractivity contribution in [3.05, 3.63) is 57.6 Å². The van der Waals surface area contributed by atoms with Gasteiger partial charge >= 0.3 is 0 Å². The second-order valence-corrected chi connectivity index (χ2v) is 5.79. The summed E-state index contributed by atoms with van der Waals surface area (Å²) in [6.45, 7) is 2.00. The Labute approximate surface area is 137 Å². The fraction of sp³-hybridized carbons (Fsp3) is 0.188. The molecule has 0 saturated heterocycles. The second kappa shape index (κ2) is 6.07. The summed E-state index contributed by atoms with van der Waals surface area (Å²) in [5, 5.41) is 3.89. The van der Waals surface area contributed by atoms with Crippen LogP contribution in [0.15, 0.2) is 36.4 Å². The van der Waals surface area contributed by atoms with Crippen LogP contribution in [0.5, 0.6) is 11.5 Å². The molecule has 0 bridgehead atoms. The Kier molecular flexibility index (Phi) is 4.14. The largest absolute Gasteiger partial charge is 0.454 e. The van der Waals surface area contributed by atoms with Crippen LogP contribution in [0.1, 0.15) is 28.9 Å². The molecule has 0 aliphatic carbocycles. The molecular weight excluding hydrogens is 325 g/mol. The Morgan fingerprint density at radius 1 is 1.23 bits per heavy atom. The molecule has 6 heteroatoms. The van der Waals surface area contributed by atoms with E-state index >= 15 is 0 Å². The summed E-state index contributed by atoms with van der Waals surface area (Å²) in [5.74, 6) is 0.710. The van der Waals surface area contributed by atoms with Gasteiger partial charge in [-0.25, -0.2) is 0 Å². The minimum atomic E-state index is -0.243. The van der Waals surface area contributed by atoms with E-state index in [0.29, 0.717) is 27.1 Å². The van der Waals surface area contributed by atoms with E-state index in [4.69, 9.17) is 32.7 Å². The SMILES string of the molecule is C[C@@H](NC(=O)c1cc(Cl)c2c(c1)OCO2)c1cccc(Cl)c1. The number of fused-ring (bicyclic) bond motifs is 1. The molecule has 0 fully saturated rings. The van der Waals surface area contributed by atoms with Crippen molar-refractivity contribution in [2.75, 3.05) is 6.79 Å². The lowest BCUT2D eigenvalue weighted by molar-refractivity contribution is 0.0939. The fourth-order valence-electron chi connectivity index (χ4n) is 2.24. The van der Waals surface area contributed by atoms with Crippen molar-refractivity contribution >= 4 is 29.1 Å². The van der Waals surface area contributed by atoms with Gasteiger partial charge in [0.05, 0.1) is 11.1 Å². The highest BCUT2D eigenvalue weighted by atomic mass is 35.5. The molecule has 1 aliphatic heterocycles. The second-order valence-electron chi connectivity index (χ2n) is 4.94. The lowest BCUT2D eigenvalue weighted by Gasteiger charge is -2.15. The maximum Gasteiger partial charge on any atom is 0.251 e. The zero-order chi connectivity index (χ0) is 15.7. The number of carbonyl (C=O) groups is 1. The van der Waals surface area contributed by atoms with E-state index in [2.05, 4.69) is 5.32 Å². The summed E-state index contributed by atoms with van der Waals surface area (Å²) >= 11 is 12.1. The molecule has 1 N–H and O–H groups in total. The Morgan fingerprint density at radius 3 is 2.82 bits per heavy atom. The van der Waals surface area contributed by atoms with E-state index in [-0.39, 0.29) is 18.7 Å². The number of hydrogen-bond acceptors (Lipinski definition) is 3. The molecule has 1 heterocycles. The number of halogens is 2. The number of rotatable bonds is 3. The fourth-order valence-corrected chi connectivity index (χ4v) is 2.70. The first-order chi connectivity index (χ1) is 10.5. The van der Waals surface area contributed by atoms with Crippen LogP contribution in [0.3, 0.4) is 0 Å². The van der Waals surface area contributed by atoms with Crippen LogP contribution in [0.2, 0.25) is 10.0 Å². The molecule has 1 aliphatic rings. The maximum atomic E-state index is 12.4. The van der Waals surface area contributed by atoms with E-state index in [0.717, 1.165) is 5.56 Å². The highest BCUT2D eigenvalue weighted by Gasteiger charge is 2.21. The van der Waals surface area contributed by atoms with Crippen LogP contribution in [-0.4, -0.2) is 12.7 Å². The van der Waals surface area contributed by atoms with Gasteiger partial charge in [0.1, 0.15) is 0 Å². The lowest BCUT2D eigenvalue weighted by Crippen LogP contribution is -2.26. The molecular formula is C16H13Cl2NO3. The third-order valence-electron chi connectivity index (χ3n) is 3.39. The topological polar surface area (TPSA) is 47.6 Å². The van der Waals surface area contributed by atoms with Crippen LogP contribution < -0.4 is 14.8 Å². The zero-order valence-electron chi connectivity index (χ0n) is 11.7. The summed E-state index contributed by atoms with van der Waals surface area (Å²) < 4.78 is 10.5. The molecule has 0 saturated carbocycles. The Bertz CT molecular complexity index is 733. The van der Waals surface area contributed by atoms with Crippen molar-refractivity contribution in [3.63, 3.8) is 0 Å². The van der Waals surface area contributed by atoms with Crippen LogP contribution in [-0.2, 0) is 0 Å².